The van der Waals surface area contributed by atoms with E-state index in [4.69, 9.17) is 5.10 Å². The molecule has 2 aromatic rings. The Bertz CT molecular complexity index is 957. The summed E-state index contributed by atoms with van der Waals surface area (Å²) in [4.78, 5) is 19.8. The Labute approximate surface area is 191 Å². The molecule has 1 aromatic carbocycles. The molecule has 1 amide bonds. The van der Waals surface area contributed by atoms with Gasteiger partial charge >= 0.3 is 0 Å². The number of hydrogen-bond acceptors (Lipinski definition) is 4. The van der Waals surface area contributed by atoms with E-state index in [-0.39, 0.29) is 23.7 Å². The van der Waals surface area contributed by atoms with Crippen LogP contribution in [0.25, 0.3) is 5.69 Å². The predicted molar refractivity (Wildman–Crippen MR) is 126 cm³/mol. The van der Waals surface area contributed by atoms with Crippen LogP contribution in [-0.4, -0.2) is 63.8 Å². The minimum Gasteiger partial charge on any atom is -0.354 e. The molecule has 1 aromatic heterocycles. The second-order valence-corrected chi connectivity index (χ2v) is 9.73. The molecular weight excluding hydrogens is 405 g/mol. The maximum absolute atomic E-state index is 14.1. The zero-order valence-electron chi connectivity index (χ0n) is 20.0. The Hall–Kier alpha value is -2.41. The molecule has 0 N–H and O–H groups in total. The van der Waals surface area contributed by atoms with Crippen molar-refractivity contribution in [1.29, 1.82) is 0 Å². The third kappa shape index (κ3) is 4.68. The van der Waals surface area contributed by atoms with Crippen molar-refractivity contribution < 1.29 is 9.18 Å². The summed E-state index contributed by atoms with van der Waals surface area (Å²) < 4.78 is 16.0. The van der Waals surface area contributed by atoms with Crippen molar-refractivity contribution in [3.63, 3.8) is 0 Å². The van der Waals surface area contributed by atoms with Gasteiger partial charge in [0.1, 0.15) is 11.6 Å². The van der Waals surface area contributed by atoms with Gasteiger partial charge in [-0.2, -0.15) is 5.10 Å². The van der Waals surface area contributed by atoms with Crippen LogP contribution in [0.5, 0.6) is 0 Å². The number of piperazine rings is 1. The molecule has 0 spiro atoms. The van der Waals surface area contributed by atoms with Crippen LogP contribution in [-0.2, 0) is 11.3 Å². The SMILES string of the molecule is Cc1nn(-c2cccc(F)c2)c(N2CCN(C(C)C)CC2)c1CN(C(=O)C1CC1)C(C)C. The molecule has 1 saturated heterocycles. The van der Waals surface area contributed by atoms with Crippen molar-refractivity contribution in [2.75, 3.05) is 31.1 Å². The van der Waals surface area contributed by atoms with E-state index in [1.807, 2.05) is 22.6 Å². The largest absolute Gasteiger partial charge is 0.354 e. The Morgan fingerprint density at radius 2 is 1.84 bits per heavy atom. The van der Waals surface area contributed by atoms with Gasteiger partial charge in [0, 0.05) is 49.7 Å². The number of rotatable bonds is 7. The molecule has 6 nitrogen and oxygen atoms in total. The molecular formula is C25H36FN5O. The number of hydrogen-bond donors (Lipinski definition) is 0. The fourth-order valence-electron chi connectivity index (χ4n) is 4.55. The summed E-state index contributed by atoms with van der Waals surface area (Å²) in [6.45, 7) is 14.8. The molecule has 0 bridgehead atoms. The fraction of sp³-hybridized carbons (Fsp3) is 0.600. The molecule has 174 valence electrons. The zero-order chi connectivity index (χ0) is 23.0. The molecule has 7 heteroatoms. The number of halogens is 1. The Balaban J connectivity index is 1.73. The summed E-state index contributed by atoms with van der Waals surface area (Å²) in [5.41, 5.74) is 2.67. The second kappa shape index (κ2) is 9.22. The number of aryl methyl sites for hydroxylation is 1. The molecule has 2 aliphatic rings. The van der Waals surface area contributed by atoms with Gasteiger partial charge in [0.15, 0.2) is 0 Å². The van der Waals surface area contributed by atoms with E-state index in [0.717, 1.165) is 56.1 Å². The van der Waals surface area contributed by atoms with Crippen molar-refractivity contribution in [3.8, 4) is 5.69 Å². The molecule has 0 atom stereocenters. The summed E-state index contributed by atoms with van der Waals surface area (Å²) in [5.74, 6) is 1.13. The Morgan fingerprint density at radius 3 is 2.41 bits per heavy atom. The molecule has 1 aliphatic carbocycles. The summed E-state index contributed by atoms with van der Waals surface area (Å²) in [7, 11) is 0. The average molecular weight is 442 g/mol. The van der Waals surface area contributed by atoms with Crippen LogP contribution in [0.15, 0.2) is 24.3 Å². The molecule has 2 heterocycles. The lowest BCUT2D eigenvalue weighted by molar-refractivity contribution is -0.134. The molecule has 32 heavy (non-hydrogen) atoms. The molecule has 1 aliphatic heterocycles. The first-order valence-electron chi connectivity index (χ1n) is 11.9. The highest BCUT2D eigenvalue weighted by Gasteiger charge is 2.36. The van der Waals surface area contributed by atoms with Crippen LogP contribution in [0.3, 0.4) is 0 Å². The van der Waals surface area contributed by atoms with Crippen LogP contribution in [0.4, 0.5) is 10.2 Å². The third-order valence-corrected chi connectivity index (χ3v) is 6.72. The molecule has 0 unspecified atom stereocenters. The highest BCUT2D eigenvalue weighted by Crippen LogP contribution is 2.35. The number of amides is 1. The van der Waals surface area contributed by atoms with E-state index in [0.29, 0.717) is 18.3 Å². The van der Waals surface area contributed by atoms with Gasteiger partial charge in [-0.25, -0.2) is 9.07 Å². The maximum Gasteiger partial charge on any atom is 0.226 e. The van der Waals surface area contributed by atoms with Gasteiger partial charge in [-0.05, 0) is 65.7 Å². The van der Waals surface area contributed by atoms with Crippen molar-refractivity contribution in [2.24, 2.45) is 5.92 Å². The highest BCUT2D eigenvalue weighted by atomic mass is 19.1. The maximum atomic E-state index is 14.1. The van der Waals surface area contributed by atoms with E-state index in [1.165, 1.54) is 12.1 Å². The van der Waals surface area contributed by atoms with E-state index >= 15 is 0 Å². The van der Waals surface area contributed by atoms with Gasteiger partial charge in [-0.3, -0.25) is 9.69 Å². The fourth-order valence-corrected chi connectivity index (χ4v) is 4.55. The van der Waals surface area contributed by atoms with Crippen LogP contribution < -0.4 is 4.90 Å². The molecule has 4 rings (SSSR count). The van der Waals surface area contributed by atoms with Crippen LogP contribution >= 0.6 is 0 Å². The normalized spacial score (nSPS) is 17.4. The smallest absolute Gasteiger partial charge is 0.226 e. The van der Waals surface area contributed by atoms with E-state index in [1.54, 1.807) is 6.07 Å². The van der Waals surface area contributed by atoms with Crippen molar-refractivity contribution >= 4 is 11.7 Å². The Kier molecular flexibility index (Phi) is 6.56. The van der Waals surface area contributed by atoms with E-state index in [9.17, 15) is 9.18 Å². The zero-order valence-corrected chi connectivity index (χ0v) is 20.0. The quantitative estimate of drug-likeness (QED) is 0.652. The first-order valence-corrected chi connectivity index (χ1v) is 11.9. The lowest BCUT2D eigenvalue weighted by atomic mass is 10.1. The van der Waals surface area contributed by atoms with Crippen LogP contribution in [0.2, 0.25) is 0 Å². The molecule has 2 fully saturated rings. The lowest BCUT2D eigenvalue weighted by Crippen LogP contribution is -2.49. The minimum atomic E-state index is -0.277. The average Bonchev–Trinajstić information content (AvgIpc) is 3.55. The number of anilines is 1. The van der Waals surface area contributed by atoms with Crippen LogP contribution in [0, 0.1) is 18.7 Å². The predicted octanol–water partition coefficient (Wildman–Crippen LogP) is 4.00. The van der Waals surface area contributed by atoms with Gasteiger partial charge in [0.2, 0.25) is 5.91 Å². The standard InChI is InChI=1S/C25H36FN5O/c1-17(2)28-11-13-29(14-12-28)24-23(16-30(18(3)4)25(32)20-9-10-20)19(5)27-31(24)22-8-6-7-21(26)15-22/h6-8,15,17-18,20H,9-14,16H2,1-5H3. The molecule has 0 radical (unpaired) electrons. The second-order valence-electron chi connectivity index (χ2n) is 9.73. The van der Waals surface area contributed by atoms with Gasteiger partial charge in [-0.1, -0.05) is 6.07 Å². The van der Waals surface area contributed by atoms with Crippen molar-refractivity contribution in [3.05, 3.63) is 41.3 Å². The number of aromatic nitrogens is 2. The summed E-state index contributed by atoms with van der Waals surface area (Å²) >= 11 is 0. The number of carbonyl (C=O) groups is 1. The van der Waals surface area contributed by atoms with Gasteiger partial charge in [0.05, 0.1) is 17.9 Å². The Morgan fingerprint density at radius 1 is 1.16 bits per heavy atom. The number of benzene rings is 1. The summed E-state index contributed by atoms with van der Waals surface area (Å²) in [6.07, 6.45) is 1.99. The monoisotopic (exact) mass is 441 g/mol. The number of nitrogens with zero attached hydrogens (tertiary/aromatic N) is 5. The molecule has 1 saturated carbocycles. The van der Waals surface area contributed by atoms with E-state index in [2.05, 4.69) is 37.5 Å². The minimum absolute atomic E-state index is 0.116. The van der Waals surface area contributed by atoms with Crippen molar-refractivity contribution in [2.45, 2.75) is 66.1 Å². The summed E-state index contributed by atoms with van der Waals surface area (Å²) in [5, 5.41) is 4.84. The highest BCUT2D eigenvalue weighted by molar-refractivity contribution is 5.81. The topological polar surface area (TPSA) is 44.6 Å². The van der Waals surface area contributed by atoms with Gasteiger partial charge in [-0.15, -0.1) is 0 Å². The van der Waals surface area contributed by atoms with E-state index < -0.39 is 0 Å². The lowest BCUT2D eigenvalue weighted by Gasteiger charge is -2.39. The first kappa shape index (κ1) is 22.8. The van der Waals surface area contributed by atoms with Gasteiger partial charge in [0.25, 0.3) is 0 Å². The summed E-state index contributed by atoms with van der Waals surface area (Å²) in [6, 6.07) is 7.22. The first-order chi connectivity index (χ1) is 15.3. The van der Waals surface area contributed by atoms with Crippen LogP contribution in [0.1, 0.15) is 51.8 Å². The third-order valence-electron chi connectivity index (χ3n) is 6.72. The van der Waals surface area contributed by atoms with Crippen molar-refractivity contribution in [1.82, 2.24) is 19.6 Å². The number of carbonyl (C=O) groups excluding carboxylic acids is 1. The van der Waals surface area contributed by atoms with Gasteiger partial charge < -0.3 is 9.80 Å².